The minimum Gasteiger partial charge on any atom is -0.309 e. The molecule has 1 aliphatic carbocycles. The Hall–Kier alpha value is -6.84. The van der Waals surface area contributed by atoms with Crippen LogP contribution >= 0.6 is 0 Å². The molecule has 0 bridgehead atoms. The van der Waals surface area contributed by atoms with Gasteiger partial charge in [0.2, 0.25) is 0 Å². The molecule has 3 nitrogen and oxygen atoms in total. The highest BCUT2D eigenvalue weighted by molar-refractivity contribution is 6.12. The van der Waals surface area contributed by atoms with Crippen molar-refractivity contribution in [1.82, 2.24) is 14.5 Å². The topological polar surface area (TPSA) is 30.7 Å². The van der Waals surface area contributed by atoms with Crippen LogP contribution < -0.4 is 0 Å². The minimum atomic E-state index is -0.130. The zero-order valence-corrected chi connectivity index (χ0v) is 30.1. The van der Waals surface area contributed by atoms with Gasteiger partial charge in [0.15, 0.2) is 5.82 Å². The van der Waals surface area contributed by atoms with Gasteiger partial charge in [0.1, 0.15) is 0 Å². The molecule has 3 heteroatoms. The van der Waals surface area contributed by atoms with Crippen LogP contribution in [-0.2, 0) is 5.41 Å². The first kappa shape index (κ1) is 30.8. The molecule has 2 heterocycles. The summed E-state index contributed by atoms with van der Waals surface area (Å²) in [6.45, 7) is 4.72. The molecular weight excluding hydrogens is 655 g/mol. The summed E-state index contributed by atoms with van der Waals surface area (Å²) in [7, 11) is 0. The van der Waals surface area contributed by atoms with E-state index < -0.39 is 0 Å². The van der Waals surface area contributed by atoms with Crippen molar-refractivity contribution in [2.45, 2.75) is 19.3 Å². The average molecular weight is 690 g/mol. The van der Waals surface area contributed by atoms with Crippen LogP contribution in [-0.4, -0.2) is 14.5 Å². The first-order valence-corrected chi connectivity index (χ1v) is 18.7. The average Bonchev–Trinajstić information content (AvgIpc) is 3.67. The zero-order valence-electron chi connectivity index (χ0n) is 30.1. The van der Waals surface area contributed by atoms with Crippen LogP contribution in [0.2, 0.25) is 0 Å². The summed E-state index contributed by atoms with van der Waals surface area (Å²) in [6.07, 6.45) is 0. The Balaban J connectivity index is 1.24. The summed E-state index contributed by atoms with van der Waals surface area (Å²) < 4.78 is 2.49. The molecule has 0 N–H and O–H groups in total. The predicted octanol–water partition coefficient (Wildman–Crippen LogP) is 13.2. The highest BCUT2D eigenvalue weighted by Crippen LogP contribution is 2.51. The van der Waals surface area contributed by atoms with E-state index in [4.69, 9.17) is 9.97 Å². The lowest BCUT2D eigenvalue weighted by Crippen LogP contribution is -2.15. The molecule has 54 heavy (non-hydrogen) atoms. The molecule has 0 unspecified atom stereocenters. The van der Waals surface area contributed by atoms with Crippen molar-refractivity contribution in [3.05, 3.63) is 187 Å². The fraction of sp³-hybridized carbons (Fsp3) is 0.0588. The lowest BCUT2D eigenvalue weighted by molar-refractivity contribution is 0.661. The number of para-hydroxylation sites is 2. The maximum atomic E-state index is 5.31. The first-order valence-electron chi connectivity index (χ1n) is 18.7. The van der Waals surface area contributed by atoms with Gasteiger partial charge in [0.25, 0.3) is 0 Å². The lowest BCUT2D eigenvalue weighted by Gasteiger charge is -2.22. The molecule has 254 valence electrons. The van der Waals surface area contributed by atoms with Gasteiger partial charge in [0.05, 0.1) is 27.9 Å². The maximum absolute atomic E-state index is 5.31. The summed E-state index contributed by atoms with van der Waals surface area (Å²) in [4.78, 5) is 10.5. The highest BCUT2D eigenvalue weighted by atomic mass is 15.0. The third-order valence-corrected chi connectivity index (χ3v) is 11.6. The van der Waals surface area contributed by atoms with E-state index in [2.05, 4.69) is 188 Å². The molecule has 0 amide bonds. The number of hydrogen-bond acceptors (Lipinski definition) is 2. The van der Waals surface area contributed by atoms with E-state index in [1.807, 2.05) is 6.07 Å². The van der Waals surface area contributed by atoms with Crippen molar-refractivity contribution in [3.63, 3.8) is 0 Å². The number of hydrogen-bond donors (Lipinski definition) is 0. The molecular formula is C51H35N3. The number of aromatic nitrogens is 3. The fourth-order valence-electron chi connectivity index (χ4n) is 8.99. The minimum absolute atomic E-state index is 0.130. The van der Waals surface area contributed by atoms with Crippen LogP contribution in [0.1, 0.15) is 25.0 Å². The van der Waals surface area contributed by atoms with E-state index in [0.717, 1.165) is 39.0 Å². The molecule has 11 rings (SSSR count). The molecule has 0 saturated heterocycles. The number of rotatable bonds is 4. The van der Waals surface area contributed by atoms with Crippen molar-refractivity contribution < 1.29 is 0 Å². The molecule has 0 saturated carbocycles. The van der Waals surface area contributed by atoms with Crippen LogP contribution in [0.3, 0.4) is 0 Å². The normalized spacial score (nSPS) is 13.1. The van der Waals surface area contributed by atoms with Crippen molar-refractivity contribution >= 4 is 43.5 Å². The number of fused-ring (bicyclic) bond motifs is 8. The van der Waals surface area contributed by atoms with E-state index in [1.54, 1.807) is 0 Å². The van der Waals surface area contributed by atoms with Gasteiger partial charge in [-0.2, -0.15) is 0 Å². The molecule has 1 aliphatic rings. The quantitative estimate of drug-likeness (QED) is 0.184. The Kier molecular flexibility index (Phi) is 6.60. The Morgan fingerprint density at radius 3 is 2.02 bits per heavy atom. The summed E-state index contributed by atoms with van der Waals surface area (Å²) in [6, 6.07) is 63.5. The SMILES string of the molecule is CC1(C)c2ccccc2-c2cc3c4ccccc4n(-c4cc(-c5nc(-c6ccccc6)c6ccccc6n5)ccc4-c4cccc5ccccc45)c3cc21. The largest absolute Gasteiger partial charge is 0.309 e. The monoisotopic (exact) mass is 689 g/mol. The second kappa shape index (κ2) is 11.6. The smallest absolute Gasteiger partial charge is 0.160 e. The van der Waals surface area contributed by atoms with E-state index in [0.29, 0.717) is 5.82 Å². The van der Waals surface area contributed by atoms with Gasteiger partial charge in [-0.3, -0.25) is 0 Å². The van der Waals surface area contributed by atoms with Gasteiger partial charge < -0.3 is 4.57 Å². The van der Waals surface area contributed by atoms with E-state index in [-0.39, 0.29) is 5.41 Å². The molecule has 2 aromatic heterocycles. The van der Waals surface area contributed by atoms with E-state index in [9.17, 15) is 0 Å². The third kappa shape index (κ3) is 4.48. The van der Waals surface area contributed by atoms with Gasteiger partial charge in [-0.05, 0) is 68.9 Å². The van der Waals surface area contributed by atoms with Crippen LogP contribution in [0.25, 0.3) is 94.1 Å². The standard InChI is InChI=1S/C51H35N3/c1-51(2)43-24-11-8-20-37(43)41-30-42-38-21-10-13-26-46(38)54(48(42)31-44(41)51)47-29-34(27-28-39(47)36-23-14-18-32-15-6-7-19-35(32)36)50-52-45-25-12-9-22-40(45)49(53-50)33-16-4-3-5-17-33/h3-31H,1-2H3. The van der Waals surface area contributed by atoms with Gasteiger partial charge in [-0.15, -0.1) is 0 Å². The molecule has 0 spiro atoms. The van der Waals surface area contributed by atoms with Crippen molar-refractivity contribution in [3.8, 4) is 50.6 Å². The van der Waals surface area contributed by atoms with Gasteiger partial charge >= 0.3 is 0 Å². The summed E-state index contributed by atoms with van der Waals surface area (Å²) in [5, 5.41) is 5.97. The van der Waals surface area contributed by atoms with Crippen molar-refractivity contribution in [2.75, 3.05) is 0 Å². The third-order valence-electron chi connectivity index (χ3n) is 11.6. The molecule has 0 aliphatic heterocycles. The van der Waals surface area contributed by atoms with Crippen LogP contribution in [0.5, 0.6) is 0 Å². The second-order valence-corrected chi connectivity index (χ2v) is 15.0. The Morgan fingerprint density at radius 1 is 0.426 bits per heavy atom. The van der Waals surface area contributed by atoms with Crippen LogP contribution in [0.4, 0.5) is 0 Å². The van der Waals surface area contributed by atoms with Crippen molar-refractivity contribution in [1.29, 1.82) is 0 Å². The number of nitrogens with zero attached hydrogens (tertiary/aromatic N) is 3. The number of benzene rings is 8. The molecule has 0 fully saturated rings. The van der Waals surface area contributed by atoms with E-state index >= 15 is 0 Å². The Bertz CT molecular complexity index is 3130. The first-order chi connectivity index (χ1) is 26.5. The zero-order chi connectivity index (χ0) is 36.0. The molecule has 0 radical (unpaired) electrons. The summed E-state index contributed by atoms with van der Waals surface area (Å²) >= 11 is 0. The molecule has 0 atom stereocenters. The summed E-state index contributed by atoms with van der Waals surface area (Å²) in [5.74, 6) is 0.705. The van der Waals surface area contributed by atoms with E-state index in [1.165, 1.54) is 60.4 Å². The van der Waals surface area contributed by atoms with Gasteiger partial charge in [0, 0.05) is 38.3 Å². The van der Waals surface area contributed by atoms with Gasteiger partial charge in [-0.25, -0.2) is 9.97 Å². The van der Waals surface area contributed by atoms with Crippen molar-refractivity contribution in [2.24, 2.45) is 0 Å². The van der Waals surface area contributed by atoms with Crippen LogP contribution in [0, 0.1) is 0 Å². The summed E-state index contributed by atoms with van der Waals surface area (Å²) in [5.41, 5.74) is 15.0. The maximum Gasteiger partial charge on any atom is 0.160 e. The Morgan fingerprint density at radius 2 is 1.13 bits per heavy atom. The molecule has 10 aromatic rings. The predicted molar refractivity (Wildman–Crippen MR) is 225 cm³/mol. The Labute approximate surface area is 313 Å². The lowest BCUT2D eigenvalue weighted by atomic mass is 9.82. The van der Waals surface area contributed by atoms with Crippen LogP contribution in [0.15, 0.2) is 176 Å². The second-order valence-electron chi connectivity index (χ2n) is 15.0. The van der Waals surface area contributed by atoms with Gasteiger partial charge in [-0.1, -0.05) is 159 Å². The highest BCUT2D eigenvalue weighted by Gasteiger charge is 2.36. The fourth-order valence-corrected chi connectivity index (χ4v) is 8.99. The molecule has 8 aromatic carbocycles.